The standard InChI is InChI=1S/C23H18ClN5O3/c1-32-21-9-5-8-18(26-21)14-10-11-17(24)16(12-14)23(31)27-20-13-19(22(25)30)28-29(20)15-6-3-2-4-7-15/h2-13H,1H3,(H2,25,30)(H,27,31). The molecule has 0 spiro atoms. The third-order valence-electron chi connectivity index (χ3n) is 4.64. The molecule has 4 aromatic rings. The Morgan fingerprint density at radius 2 is 1.81 bits per heavy atom. The monoisotopic (exact) mass is 447 g/mol. The minimum atomic E-state index is -0.709. The number of primary amides is 1. The zero-order valence-electron chi connectivity index (χ0n) is 16.9. The van der Waals surface area contributed by atoms with Crippen LogP contribution < -0.4 is 15.8 Å². The maximum absolute atomic E-state index is 13.1. The molecule has 32 heavy (non-hydrogen) atoms. The lowest BCUT2D eigenvalue weighted by atomic mass is 10.1. The maximum Gasteiger partial charge on any atom is 0.269 e. The lowest BCUT2D eigenvalue weighted by molar-refractivity contribution is 0.0992. The molecule has 0 aliphatic rings. The molecular weight excluding hydrogens is 430 g/mol. The van der Waals surface area contributed by atoms with Crippen LogP contribution in [-0.4, -0.2) is 33.7 Å². The van der Waals surface area contributed by atoms with Gasteiger partial charge in [0.05, 0.1) is 29.1 Å². The molecule has 160 valence electrons. The smallest absolute Gasteiger partial charge is 0.269 e. The van der Waals surface area contributed by atoms with Gasteiger partial charge in [-0.3, -0.25) is 9.59 Å². The number of amides is 2. The van der Waals surface area contributed by atoms with Crippen LogP contribution in [0.3, 0.4) is 0 Å². The van der Waals surface area contributed by atoms with E-state index in [1.807, 2.05) is 18.2 Å². The normalized spacial score (nSPS) is 10.6. The van der Waals surface area contributed by atoms with Gasteiger partial charge in [0, 0.05) is 17.7 Å². The highest BCUT2D eigenvalue weighted by Gasteiger charge is 2.18. The van der Waals surface area contributed by atoms with E-state index >= 15 is 0 Å². The van der Waals surface area contributed by atoms with Crippen LogP contribution in [0, 0.1) is 0 Å². The first-order valence-corrected chi connectivity index (χ1v) is 9.91. The molecule has 0 fully saturated rings. The van der Waals surface area contributed by atoms with Crippen LogP contribution in [0.1, 0.15) is 20.8 Å². The molecule has 3 N–H and O–H groups in total. The Labute approximate surface area is 188 Å². The van der Waals surface area contributed by atoms with Gasteiger partial charge < -0.3 is 15.8 Å². The molecule has 0 saturated heterocycles. The van der Waals surface area contributed by atoms with Gasteiger partial charge in [-0.1, -0.05) is 41.9 Å². The molecule has 0 radical (unpaired) electrons. The van der Waals surface area contributed by atoms with Crippen LogP contribution in [0.2, 0.25) is 5.02 Å². The number of anilines is 1. The van der Waals surface area contributed by atoms with Gasteiger partial charge in [0.1, 0.15) is 5.82 Å². The molecule has 2 amide bonds. The second kappa shape index (κ2) is 8.91. The van der Waals surface area contributed by atoms with Crippen molar-refractivity contribution in [3.8, 4) is 22.8 Å². The summed E-state index contributed by atoms with van der Waals surface area (Å²) in [6.07, 6.45) is 0. The average molecular weight is 448 g/mol. The maximum atomic E-state index is 13.1. The number of carbonyl (C=O) groups is 2. The zero-order chi connectivity index (χ0) is 22.7. The second-order valence-corrected chi connectivity index (χ2v) is 7.15. The molecule has 0 unspecified atom stereocenters. The van der Waals surface area contributed by atoms with Gasteiger partial charge >= 0.3 is 0 Å². The molecule has 9 heteroatoms. The Morgan fingerprint density at radius 3 is 2.53 bits per heavy atom. The third-order valence-corrected chi connectivity index (χ3v) is 4.97. The molecule has 4 rings (SSSR count). The molecule has 8 nitrogen and oxygen atoms in total. The fraction of sp³-hybridized carbons (Fsp3) is 0.0435. The number of benzene rings is 2. The van der Waals surface area contributed by atoms with E-state index in [-0.39, 0.29) is 22.1 Å². The van der Waals surface area contributed by atoms with Crippen molar-refractivity contribution in [1.29, 1.82) is 0 Å². The Kier molecular flexibility index (Phi) is 5.87. The quantitative estimate of drug-likeness (QED) is 0.464. The number of nitrogens with two attached hydrogens (primary N) is 1. The number of methoxy groups -OCH3 is 1. The molecule has 2 aromatic carbocycles. The molecule has 2 aromatic heterocycles. The predicted octanol–water partition coefficient (Wildman–Crippen LogP) is 3.95. The first-order valence-electron chi connectivity index (χ1n) is 9.54. The Morgan fingerprint density at radius 1 is 1.03 bits per heavy atom. The lowest BCUT2D eigenvalue weighted by Gasteiger charge is -2.11. The summed E-state index contributed by atoms with van der Waals surface area (Å²) >= 11 is 6.31. The topological polar surface area (TPSA) is 112 Å². The fourth-order valence-corrected chi connectivity index (χ4v) is 3.29. The van der Waals surface area contributed by atoms with E-state index in [9.17, 15) is 9.59 Å². The van der Waals surface area contributed by atoms with Gasteiger partial charge in [-0.25, -0.2) is 9.67 Å². The number of hydrogen-bond donors (Lipinski definition) is 2. The minimum absolute atomic E-state index is 0.0181. The van der Waals surface area contributed by atoms with E-state index in [1.54, 1.807) is 48.5 Å². The number of nitrogens with zero attached hydrogens (tertiary/aromatic N) is 3. The molecule has 2 heterocycles. The van der Waals surface area contributed by atoms with Crippen molar-refractivity contribution in [3.05, 3.63) is 89.1 Å². The van der Waals surface area contributed by atoms with Gasteiger partial charge in [-0.15, -0.1) is 0 Å². The highest BCUT2D eigenvalue weighted by atomic mass is 35.5. The summed E-state index contributed by atoms with van der Waals surface area (Å²) in [4.78, 5) is 29.2. The molecule has 0 aliphatic heterocycles. The Bertz CT molecular complexity index is 1300. The molecule has 0 aliphatic carbocycles. The van der Waals surface area contributed by atoms with E-state index in [4.69, 9.17) is 22.1 Å². The second-order valence-electron chi connectivity index (χ2n) is 6.74. The summed E-state index contributed by atoms with van der Waals surface area (Å²) < 4.78 is 6.60. The van der Waals surface area contributed by atoms with Gasteiger partial charge in [-0.2, -0.15) is 5.10 Å². The summed E-state index contributed by atoms with van der Waals surface area (Å²) in [5, 5.41) is 7.23. The highest BCUT2D eigenvalue weighted by molar-refractivity contribution is 6.34. The number of para-hydroxylation sites is 1. The van der Waals surface area contributed by atoms with Crippen molar-refractivity contribution in [3.63, 3.8) is 0 Å². The number of pyridine rings is 1. The van der Waals surface area contributed by atoms with Gasteiger partial charge in [0.2, 0.25) is 5.88 Å². The van der Waals surface area contributed by atoms with Crippen molar-refractivity contribution < 1.29 is 14.3 Å². The summed E-state index contributed by atoms with van der Waals surface area (Å²) in [5.41, 5.74) is 7.59. The summed E-state index contributed by atoms with van der Waals surface area (Å²) in [6.45, 7) is 0. The summed E-state index contributed by atoms with van der Waals surface area (Å²) in [7, 11) is 1.53. The fourth-order valence-electron chi connectivity index (χ4n) is 3.09. The Balaban J connectivity index is 1.70. The molecule has 0 saturated carbocycles. The molecule has 0 atom stereocenters. The number of nitrogens with one attached hydrogen (secondary N) is 1. The third kappa shape index (κ3) is 4.30. The van der Waals surface area contributed by atoms with E-state index in [1.165, 1.54) is 17.9 Å². The summed E-state index contributed by atoms with van der Waals surface area (Å²) in [6, 6.07) is 20.8. The average Bonchev–Trinajstić information content (AvgIpc) is 3.24. The van der Waals surface area contributed by atoms with Crippen molar-refractivity contribution in [2.45, 2.75) is 0 Å². The lowest BCUT2D eigenvalue weighted by Crippen LogP contribution is -2.15. The first-order chi connectivity index (χ1) is 15.5. The largest absolute Gasteiger partial charge is 0.481 e. The van der Waals surface area contributed by atoms with Gasteiger partial charge in [0.25, 0.3) is 11.8 Å². The number of halogens is 1. The van der Waals surface area contributed by atoms with Crippen molar-refractivity contribution in [2.24, 2.45) is 5.73 Å². The van der Waals surface area contributed by atoms with E-state index in [0.717, 1.165) is 0 Å². The van der Waals surface area contributed by atoms with Crippen LogP contribution in [0.5, 0.6) is 5.88 Å². The molecular formula is C23H18ClN5O3. The predicted molar refractivity (Wildman–Crippen MR) is 121 cm³/mol. The number of hydrogen-bond acceptors (Lipinski definition) is 5. The van der Waals surface area contributed by atoms with Crippen LogP contribution in [0.25, 0.3) is 16.9 Å². The van der Waals surface area contributed by atoms with Crippen molar-refractivity contribution >= 4 is 29.2 Å². The van der Waals surface area contributed by atoms with Crippen LogP contribution >= 0.6 is 11.6 Å². The van der Waals surface area contributed by atoms with Crippen LogP contribution in [0.15, 0.2) is 72.8 Å². The van der Waals surface area contributed by atoms with Crippen LogP contribution in [0.4, 0.5) is 5.82 Å². The van der Waals surface area contributed by atoms with E-state index < -0.39 is 11.8 Å². The number of carbonyl (C=O) groups excluding carboxylic acids is 2. The van der Waals surface area contributed by atoms with Crippen molar-refractivity contribution in [2.75, 3.05) is 12.4 Å². The SMILES string of the molecule is COc1cccc(-c2ccc(Cl)c(C(=O)Nc3cc(C(N)=O)nn3-c3ccccc3)c2)n1. The van der Waals surface area contributed by atoms with Gasteiger partial charge in [-0.05, 0) is 30.3 Å². The van der Waals surface area contributed by atoms with Crippen LogP contribution in [-0.2, 0) is 0 Å². The first kappa shape index (κ1) is 21.1. The van der Waals surface area contributed by atoms with E-state index in [0.29, 0.717) is 22.8 Å². The minimum Gasteiger partial charge on any atom is -0.481 e. The van der Waals surface area contributed by atoms with E-state index in [2.05, 4.69) is 15.4 Å². The number of ether oxygens (including phenoxy) is 1. The zero-order valence-corrected chi connectivity index (χ0v) is 17.7. The number of rotatable bonds is 6. The highest BCUT2D eigenvalue weighted by Crippen LogP contribution is 2.27. The van der Waals surface area contributed by atoms with Crippen molar-refractivity contribution in [1.82, 2.24) is 14.8 Å². The summed E-state index contributed by atoms with van der Waals surface area (Å²) in [5.74, 6) is -0.461. The Hall–Kier alpha value is -4.17. The number of aromatic nitrogens is 3. The van der Waals surface area contributed by atoms with Gasteiger partial charge in [0.15, 0.2) is 5.69 Å². The molecule has 0 bridgehead atoms.